The molecule has 1 aromatic carbocycles. The van der Waals surface area contributed by atoms with E-state index in [-0.39, 0.29) is 18.0 Å². The lowest BCUT2D eigenvalue weighted by Gasteiger charge is -2.33. The van der Waals surface area contributed by atoms with Crippen LogP contribution in [0.15, 0.2) is 39.9 Å². The zero-order valence-corrected chi connectivity index (χ0v) is 18.5. The van der Waals surface area contributed by atoms with E-state index < -0.39 is 5.69 Å². The van der Waals surface area contributed by atoms with Crippen LogP contribution in [0.25, 0.3) is 11.2 Å². The summed E-state index contributed by atoms with van der Waals surface area (Å²) in [5.41, 5.74) is 1.58. The number of fused-ring (bicyclic) bond motifs is 3. The molecule has 1 unspecified atom stereocenters. The van der Waals surface area contributed by atoms with E-state index in [0.717, 1.165) is 11.3 Å². The molecular formula is C22H27N5O4. The van der Waals surface area contributed by atoms with Crippen molar-refractivity contribution in [2.75, 3.05) is 25.7 Å². The second-order valence-corrected chi connectivity index (χ2v) is 8.14. The highest BCUT2D eigenvalue weighted by molar-refractivity contribution is 5.78. The van der Waals surface area contributed by atoms with Gasteiger partial charge in [0, 0.05) is 26.2 Å². The number of hydrogen-bond acceptors (Lipinski definition) is 6. The van der Waals surface area contributed by atoms with Crippen LogP contribution in [0.2, 0.25) is 0 Å². The fraction of sp³-hybridized carbons (Fsp3) is 0.409. The number of aromatic nitrogens is 4. The molecule has 9 nitrogen and oxygen atoms in total. The summed E-state index contributed by atoms with van der Waals surface area (Å²) in [6.07, 6.45) is 0. The molecule has 1 aliphatic heterocycles. The molecule has 3 aromatic rings. The Morgan fingerprint density at radius 1 is 1.23 bits per heavy atom. The number of aryl methyl sites for hydroxylation is 1. The fourth-order valence-corrected chi connectivity index (χ4v) is 4.13. The Kier molecular flexibility index (Phi) is 5.12. The molecular weight excluding hydrogens is 398 g/mol. The molecule has 31 heavy (non-hydrogen) atoms. The van der Waals surface area contributed by atoms with Crippen molar-refractivity contribution in [2.45, 2.75) is 26.9 Å². The molecule has 3 heterocycles. The molecule has 0 aliphatic carbocycles. The van der Waals surface area contributed by atoms with Crippen LogP contribution in [0.3, 0.4) is 0 Å². The van der Waals surface area contributed by atoms with Crippen LogP contribution in [0, 0.1) is 5.92 Å². The second-order valence-electron chi connectivity index (χ2n) is 8.14. The van der Waals surface area contributed by atoms with E-state index in [9.17, 15) is 9.59 Å². The summed E-state index contributed by atoms with van der Waals surface area (Å²) in [5, 5.41) is 0. The number of ether oxygens (including phenoxy) is 2. The standard InChI is InChI=1S/C22H27N5O4/c1-13(2)10-27-20(28)18-19(24(4)22(27)29)23-21-25(11-14(3)12-26(18)21)16-8-7-15(30-5)9-17(16)31-6/h7-9,14H,1,10-12H2,2-6H3. The van der Waals surface area contributed by atoms with Gasteiger partial charge in [0.2, 0.25) is 5.95 Å². The van der Waals surface area contributed by atoms with Crippen LogP contribution in [0.1, 0.15) is 13.8 Å². The van der Waals surface area contributed by atoms with Crippen LogP contribution in [0.5, 0.6) is 11.5 Å². The van der Waals surface area contributed by atoms with Crippen LogP contribution < -0.4 is 25.6 Å². The van der Waals surface area contributed by atoms with Crippen molar-refractivity contribution in [3.8, 4) is 11.5 Å². The molecule has 0 N–H and O–H groups in total. The van der Waals surface area contributed by atoms with Gasteiger partial charge in [0.05, 0.1) is 26.5 Å². The molecule has 9 heteroatoms. The van der Waals surface area contributed by atoms with Gasteiger partial charge in [0.15, 0.2) is 11.2 Å². The minimum Gasteiger partial charge on any atom is -0.497 e. The first-order valence-electron chi connectivity index (χ1n) is 10.1. The summed E-state index contributed by atoms with van der Waals surface area (Å²) in [5.74, 6) is 2.17. The summed E-state index contributed by atoms with van der Waals surface area (Å²) in [6.45, 7) is 9.26. The molecule has 2 aromatic heterocycles. The number of anilines is 2. The van der Waals surface area contributed by atoms with Gasteiger partial charge in [-0.15, -0.1) is 0 Å². The van der Waals surface area contributed by atoms with E-state index in [2.05, 4.69) is 13.5 Å². The number of imidazole rings is 1. The van der Waals surface area contributed by atoms with Crippen LogP contribution in [-0.2, 0) is 20.1 Å². The second kappa shape index (κ2) is 7.64. The number of rotatable bonds is 5. The normalized spacial score (nSPS) is 15.8. The van der Waals surface area contributed by atoms with Gasteiger partial charge in [-0.1, -0.05) is 19.1 Å². The molecule has 0 spiro atoms. The van der Waals surface area contributed by atoms with Crippen molar-refractivity contribution in [1.82, 2.24) is 18.7 Å². The molecule has 0 saturated heterocycles. The van der Waals surface area contributed by atoms with E-state index in [1.165, 1.54) is 9.13 Å². The van der Waals surface area contributed by atoms with E-state index in [1.54, 1.807) is 28.2 Å². The highest BCUT2D eigenvalue weighted by Crippen LogP contribution is 2.39. The summed E-state index contributed by atoms with van der Waals surface area (Å²) < 4.78 is 15.5. The summed E-state index contributed by atoms with van der Waals surface area (Å²) in [6, 6.07) is 5.59. The smallest absolute Gasteiger partial charge is 0.332 e. The monoisotopic (exact) mass is 425 g/mol. The number of benzene rings is 1. The zero-order valence-electron chi connectivity index (χ0n) is 18.5. The third-order valence-electron chi connectivity index (χ3n) is 5.55. The lowest BCUT2D eigenvalue weighted by Crippen LogP contribution is -2.40. The minimum absolute atomic E-state index is 0.174. The van der Waals surface area contributed by atoms with Gasteiger partial charge >= 0.3 is 5.69 Å². The number of allylic oxidation sites excluding steroid dienone is 1. The quantitative estimate of drug-likeness (QED) is 0.583. The number of nitrogens with zero attached hydrogens (tertiary/aromatic N) is 5. The van der Waals surface area contributed by atoms with Crippen molar-refractivity contribution in [1.29, 1.82) is 0 Å². The first-order valence-corrected chi connectivity index (χ1v) is 10.1. The van der Waals surface area contributed by atoms with E-state index in [1.807, 2.05) is 27.7 Å². The van der Waals surface area contributed by atoms with Gasteiger partial charge in [-0.2, -0.15) is 4.98 Å². The van der Waals surface area contributed by atoms with Crippen molar-refractivity contribution in [2.24, 2.45) is 13.0 Å². The molecule has 164 valence electrons. The average molecular weight is 425 g/mol. The molecule has 0 fully saturated rings. The maximum atomic E-state index is 13.3. The van der Waals surface area contributed by atoms with Crippen LogP contribution in [0.4, 0.5) is 11.6 Å². The third-order valence-corrected chi connectivity index (χ3v) is 5.55. The van der Waals surface area contributed by atoms with Gasteiger partial charge in [-0.25, -0.2) is 4.79 Å². The molecule has 0 radical (unpaired) electrons. The molecule has 1 atom stereocenters. The maximum absolute atomic E-state index is 13.3. The Hall–Kier alpha value is -3.49. The molecule has 0 amide bonds. The Morgan fingerprint density at radius 3 is 2.61 bits per heavy atom. The average Bonchev–Trinajstić information content (AvgIpc) is 3.13. The summed E-state index contributed by atoms with van der Waals surface area (Å²) >= 11 is 0. The Labute approximate surface area is 179 Å². The Balaban J connectivity index is 1.99. The lowest BCUT2D eigenvalue weighted by atomic mass is 10.1. The first kappa shape index (κ1) is 20.8. The molecule has 0 saturated carbocycles. The van der Waals surface area contributed by atoms with E-state index in [0.29, 0.717) is 41.7 Å². The highest BCUT2D eigenvalue weighted by atomic mass is 16.5. The summed E-state index contributed by atoms with van der Waals surface area (Å²) in [4.78, 5) is 32.9. The molecule has 0 bridgehead atoms. The lowest BCUT2D eigenvalue weighted by molar-refractivity contribution is 0.392. The molecule has 4 rings (SSSR count). The zero-order chi connectivity index (χ0) is 22.4. The van der Waals surface area contributed by atoms with Gasteiger partial charge in [-0.3, -0.25) is 13.9 Å². The van der Waals surface area contributed by atoms with Gasteiger partial charge < -0.3 is 18.9 Å². The van der Waals surface area contributed by atoms with E-state index in [4.69, 9.17) is 14.5 Å². The van der Waals surface area contributed by atoms with Crippen LogP contribution >= 0.6 is 0 Å². The maximum Gasteiger partial charge on any atom is 0.332 e. The number of methoxy groups -OCH3 is 2. The Morgan fingerprint density at radius 2 is 1.97 bits per heavy atom. The molecule has 1 aliphatic rings. The number of hydrogen-bond donors (Lipinski definition) is 0. The predicted octanol–water partition coefficient (Wildman–Crippen LogP) is 2.28. The van der Waals surface area contributed by atoms with Gasteiger partial charge in [0.25, 0.3) is 5.56 Å². The van der Waals surface area contributed by atoms with Crippen molar-refractivity contribution >= 4 is 22.8 Å². The highest BCUT2D eigenvalue weighted by Gasteiger charge is 2.31. The van der Waals surface area contributed by atoms with Crippen LogP contribution in [-0.4, -0.2) is 39.4 Å². The Bertz CT molecular complexity index is 1300. The predicted molar refractivity (Wildman–Crippen MR) is 120 cm³/mol. The SMILES string of the molecule is C=C(C)Cn1c(=O)c2c(nc3n2CC(C)CN3c2ccc(OC)cc2OC)n(C)c1=O. The van der Waals surface area contributed by atoms with Crippen molar-refractivity contribution in [3.63, 3.8) is 0 Å². The largest absolute Gasteiger partial charge is 0.497 e. The third kappa shape index (κ3) is 3.30. The van der Waals surface area contributed by atoms with Gasteiger partial charge in [0.1, 0.15) is 11.5 Å². The van der Waals surface area contributed by atoms with Gasteiger partial charge in [-0.05, 0) is 25.0 Å². The minimum atomic E-state index is -0.405. The van der Waals surface area contributed by atoms with E-state index >= 15 is 0 Å². The topological polar surface area (TPSA) is 83.5 Å². The van der Waals surface area contributed by atoms with Crippen molar-refractivity contribution < 1.29 is 9.47 Å². The summed E-state index contributed by atoms with van der Waals surface area (Å²) in [7, 11) is 4.85. The first-order chi connectivity index (χ1) is 14.8. The van der Waals surface area contributed by atoms with Crippen molar-refractivity contribution in [3.05, 3.63) is 51.2 Å². The fourth-order valence-electron chi connectivity index (χ4n) is 4.13.